The Morgan fingerprint density at radius 3 is 2.74 bits per heavy atom. The molecule has 2 heterocycles. The zero-order chi connectivity index (χ0) is 13.5. The van der Waals surface area contributed by atoms with Gasteiger partial charge in [-0.1, -0.05) is 17.7 Å². The minimum atomic E-state index is -3.21. The summed E-state index contributed by atoms with van der Waals surface area (Å²) in [6, 6.07) is 5.16. The van der Waals surface area contributed by atoms with Gasteiger partial charge in [0.1, 0.15) is 0 Å². The molecule has 1 N–H and O–H groups in total. The van der Waals surface area contributed by atoms with Crippen LogP contribution in [0.5, 0.6) is 0 Å². The number of nitrogens with one attached hydrogen (secondary N) is 1. The highest BCUT2D eigenvalue weighted by Crippen LogP contribution is 2.35. The standard InChI is InChI=1S/C13H17ClN2O2S/c14-12-2-1-3-13-11(12)8-10(19(13,17)18)9-16-6-4-15-5-7-16/h1-3,10,15H,4-9H2. The molecule has 19 heavy (non-hydrogen) atoms. The van der Waals surface area contributed by atoms with Gasteiger partial charge in [-0.25, -0.2) is 8.42 Å². The van der Waals surface area contributed by atoms with Gasteiger partial charge in [-0.3, -0.25) is 4.90 Å². The van der Waals surface area contributed by atoms with Gasteiger partial charge in [0.2, 0.25) is 0 Å². The van der Waals surface area contributed by atoms with E-state index in [9.17, 15) is 8.42 Å². The van der Waals surface area contributed by atoms with Crippen LogP contribution in [0.4, 0.5) is 0 Å². The molecule has 1 saturated heterocycles. The summed E-state index contributed by atoms with van der Waals surface area (Å²) < 4.78 is 25.0. The van der Waals surface area contributed by atoms with Crippen LogP contribution in [0.2, 0.25) is 5.02 Å². The second-order valence-corrected chi connectivity index (χ2v) is 7.74. The molecular formula is C13H17ClN2O2S. The molecule has 1 unspecified atom stereocenters. The predicted octanol–water partition coefficient (Wildman–Crippen LogP) is 0.944. The Balaban J connectivity index is 1.84. The topological polar surface area (TPSA) is 49.4 Å². The van der Waals surface area contributed by atoms with Gasteiger partial charge in [-0.05, 0) is 24.1 Å². The molecular weight excluding hydrogens is 284 g/mol. The Kier molecular flexibility index (Phi) is 3.55. The van der Waals surface area contributed by atoms with Crippen molar-refractivity contribution in [1.82, 2.24) is 10.2 Å². The van der Waals surface area contributed by atoms with Crippen molar-refractivity contribution in [3.63, 3.8) is 0 Å². The van der Waals surface area contributed by atoms with E-state index in [1.807, 2.05) is 0 Å². The van der Waals surface area contributed by atoms with Gasteiger partial charge in [0, 0.05) is 37.7 Å². The van der Waals surface area contributed by atoms with Gasteiger partial charge in [0.05, 0.1) is 10.1 Å². The summed E-state index contributed by atoms with van der Waals surface area (Å²) in [6.45, 7) is 4.29. The molecule has 2 aliphatic rings. The number of fused-ring (bicyclic) bond motifs is 1. The molecule has 1 aromatic rings. The molecule has 1 aromatic carbocycles. The molecule has 0 bridgehead atoms. The highest BCUT2D eigenvalue weighted by molar-refractivity contribution is 7.92. The van der Waals surface area contributed by atoms with E-state index in [1.54, 1.807) is 18.2 Å². The second-order valence-electron chi connectivity index (χ2n) is 5.14. The van der Waals surface area contributed by atoms with E-state index in [0.29, 0.717) is 22.9 Å². The van der Waals surface area contributed by atoms with E-state index in [1.165, 1.54) is 0 Å². The summed E-state index contributed by atoms with van der Waals surface area (Å²) in [5, 5.41) is 3.50. The highest BCUT2D eigenvalue weighted by atomic mass is 35.5. The molecule has 0 radical (unpaired) electrons. The number of sulfone groups is 1. The number of halogens is 1. The van der Waals surface area contributed by atoms with Crippen LogP contribution in [-0.2, 0) is 16.3 Å². The van der Waals surface area contributed by atoms with E-state index in [-0.39, 0.29) is 5.25 Å². The number of hydrogen-bond acceptors (Lipinski definition) is 4. The average Bonchev–Trinajstić information content (AvgIpc) is 2.65. The summed E-state index contributed by atoms with van der Waals surface area (Å²) in [5.41, 5.74) is 0.796. The van der Waals surface area contributed by atoms with Crippen LogP contribution in [0, 0.1) is 0 Å². The largest absolute Gasteiger partial charge is 0.314 e. The smallest absolute Gasteiger partial charge is 0.183 e. The Bertz CT molecular complexity index is 582. The van der Waals surface area contributed by atoms with Crippen LogP contribution in [-0.4, -0.2) is 51.3 Å². The zero-order valence-corrected chi connectivity index (χ0v) is 12.2. The minimum absolute atomic E-state index is 0.347. The zero-order valence-electron chi connectivity index (χ0n) is 10.6. The van der Waals surface area contributed by atoms with E-state index < -0.39 is 9.84 Å². The van der Waals surface area contributed by atoms with E-state index in [4.69, 9.17) is 11.6 Å². The Labute approximate surface area is 118 Å². The maximum absolute atomic E-state index is 12.5. The minimum Gasteiger partial charge on any atom is -0.314 e. The number of hydrogen-bond donors (Lipinski definition) is 1. The lowest BCUT2D eigenvalue weighted by Crippen LogP contribution is -2.47. The first kappa shape index (κ1) is 13.4. The molecule has 0 spiro atoms. The van der Waals surface area contributed by atoms with Crippen molar-refractivity contribution in [2.45, 2.75) is 16.6 Å². The summed E-state index contributed by atoms with van der Waals surface area (Å²) in [7, 11) is -3.21. The van der Waals surface area contributed by atoms with Gasteiger partial charge in [-0.15, -0.1) is 0 Å². The highest BCUT2D eigenvalue weighted by Gasteiger charge is 2.38. The average molecular weight is 301 g/mol. The van der Waals surface area contributed by atoms with Crippen LogP contribution in [0.1, 0.15) is 5.56 Å². The maximum atomic E-state index is 12.5. The van der Waals surface area contributed by atoms with Gasteiger partial charge < -0.3 is 5.32 Å². The van der Waals surface area contributed by atoms with Crippen LogP contribution in [0.15, 0.2) is 23.1 Å². The van der Waals surface area contributed by atoms with E-state index in [0.717, 1.165) is 31.7 Å². The van der Waals surface area contributed by atoms with Crippen molar-refractivity contribution >= 4 is 21.4 Å². The predicted molar refractivity (Wildman–Crippen MR) is 75.4 cm³/mol. The van der Waals surface area contributed by atoms with Crippen LogP contribution >= 0.6 is 11.6 Å². The SMILES string of the molecule is O=S1(=O)c2cccc(Cl)c2CC1CN1CCNCC1. The molecule has 0 saturated carbocycles. The summed E-state index contributed by atoms with van der Waals surface area (Å²) in [4.78, 5) is 2.65. The lowest BCUT2D eigenvalue weighted by Gasteiger charge is -2.29. The molecule has 1 fully saturated rings. The number of benzene rings is 1. The van der Waals surface area contributed by atoms with Crippen molar-refractivity contribution in [3.05, 3.63) is 28.8 Å². The summed E-state index contributed by atoms with van der Waals surface area (Å²) in [6.07, 6.45) is 0.543. The van der Waals surface area contributed by atoms with E-state index in [2.05, 4.69) is 10.2 Å². The van der Waals surface area contributed by atoms with Crippen molar-refractivity contribution in [2.24, 2.45) is 0 Å². The quantitative estimate of drug-likeness (QED) is 0.883. The van der Waals surface area contributed by atoms with Gasteiger partial charge >= 0.3 is 0 Å². The normalized spacial score (nSPS) is 26.3. The summed E-state index contributed by atoms with van der Waals surface area (Å²) in [5.74, 6) is 0. The molecule has 6 heteroatoms. The Hall–Kier alpha value is -0.620. The number of rotatable bonds is 2. The van der Waals surface area contributed by atoms with Crippen LogP contribution < -0.4 is 5.32 Å². The Morgan fingerprint density at radius 1 is 1.32 bits per heavy atom. The van der Waals surface area contributed by atoms with Gasteiger partial charge in [-0.2, -0.15) is 0 Å². The fourth-order valence-corrected chi connectivity index (χ4v) is 5.13. The lowest BCUT2D eigenvalue weighted by molar-refractivity contribution is 0.240. The van der Waals surface area contributed by atoms with Crippen molar-refractivity contribution in [3.8, 4) is 0 Å². The van der Waals surface area contributed by atoms with Crippen molar-refractivity contribution < 1.29 is 8.42 Å². The number of nitrogens with zero attached hydrogens (tertiary/aromatic N) is 1. The molecule has 104 valence electrons. The first-order valence-electron chi connectivity index (χ1n) is 6.53. The lowest BCUT2D eigenvalue weighted by atomic mass is 10.1. The fraction of sp³-hybridized carbons (Fsp3) is 0.538. The van der Waals surface area contributed by atoms with Crippen molar-refractivity contribution in [1.29, 1.82) is 0 Å². The third-order valence-corrected chi connectivity index (χ3v) is 6.47. The first-order chi connectivity index (χ1) is 9.09. The second kappa shape index (κ2) is 5.05. The molecule has 0 amide bonds. The third-order valence-electron chi connectivity index (χ3n) is 3.92. The number of piperazine rings is 1. The van der Waals surface area contributed by atoms with Gasteiger partial charge in [0.25, 0.3) is 0 Å². The molecule has 3 rings (SSSR count). The molecule has 2 aliphatic heterocycles. The first-order valence-corrected chi connectivity index (χ1v) is 8.46. The summed E-state index contributed by atoms with van der Waals surface area (Å²) >= 11 is 6.12. The van der Waals surface area contributed by atoms with Crippen LogP contribution in [0.25, 0.3) is 0 Å². The molecule has 1 atom stereocenters. The van der Waals surface area contributed by atoms with Crippen molar-refractivity contribution in [2.75, 3.05) is 32.7 Å². The van der Waals surface area contributed by atoms with Crippen LogP contribution in [0.3, 0.4) is 0 Å². The van der Waals surface area contributed by atoms with E-state index >= 15 is 0 Å². The Morgan fingerprint density at radius 2 is 2.05 bits per heavy atom. The molecule has 0 aliphatic carbocycles. The molecule has 4 nitrogen and oxygen atoms in total. The monoisotopic (exact) mass is 300 g/mol. The van der Waals surface area contributed by atoms with Gasteiger partial charge in [0.15, 0.2) is 9.84 Å². The third kappa shape index (κ3) is 2.40. The maximum Gasteiger partial charge on any atom is 0.183 e. The fourth-order valence-electron chi connectivity index (χ4n) is 2.86. The molecule has 0 aromatic heterocycles.